The lowest BCUT2D eigenvalue weighted by molar-refractivity contribution is -0.165. The Morgan fingerprint density at radius 2 is 1.74 bits per heavy atom. The average molecular weight is 491 g/mol. The predicted molar refractivity (Wildman–Crippen MR) is 141 cm³/mol. The first kappa shape index (κ1) is 28.6. The molecule has 192 valence electrons. The van der Waals surface area contributed by atoms with Crippen LogP contribution < -0.4 is 4.43 Å². The highest BCUT2D eigenvalue weighted by Gasteiger charge is 2.47. The van der Waals surface area contributed by atoms with Crippen LogP contribution in [0.2, 0.25) is 16.6 Å². The third-order valence-electron chi connectivity index (χ3n) is 7.08. The molecule has 1 N–H and O–H groups in total. The number of ether oxygens (including phenoxy) is 2. The van der Waals surface area contributed by atoms with Crippen LogP contribution in [0, 0.1) is 0 Å². The molecule has 2 atom stereocenters. The van der Waals surface area contributed by atoms with E-state index in [2.05, 4.69) is 78.8 Å². The van der Waals surface area contributed by atoms with E-state index >= 15 is 0 Å². The van der Waals surface area contributed by atoms with Gasteiger partial charge in [-0.15, -0.1) is 0 Å². The molecular weight excluding hydrogens is 444 g/mol. The topological polar surface area (TPSA) is 65.0 Å². The van der Waals surface area contributed by atoms with Crippen LogP contribution in [0.15, 0.2) is 35.9 Å². The molecule has 5 nitrogen and oxygen atoms in total. The minimum absolute atomic E-state index is 0.419. The molecule has 1 aromatic carbocycles. The lowest BCUT2D eigenvalue weighted by Crippen LogP contribution is -2.50. The smallest absolute Gasteiger partial charge is 0.335 e. The molecule has 2 rings (SSSR count). The van der Waals surface area contributed by atoms with Gasteiger partial charge in [0.15, 0.2) is 11.9 Å². The highest BCUT2D eigenvalue weighted by Crippen LogP contribution is 2.42. The van der Waals surface area contributed by atoms with E-state index in [0.717, 1.165) is 25.0 Å². The van der Waals surface area contributed by atoms with Crippen molar-refractivity contribution >= 4 is 14.3 Å². The molecule has 0 aliphatic carbocycles. The summed E-state index contributed by atoms with van der Waals surface area (Å²) in [6.07, 6.45) is 4.25. The van der Waals surface area contributed by atoms with Crippen molar-refractivity contribution in [2.45, 2.75) is 123 Å². The molecule has 1 aliphatic heterocycles. The van der Waals surface area contributed by atoms with Crippen molar-refractivity contribution < 1.29 is 23.8 Å². The van der Waals surface area contributed by atoms with Gasteiger partial charge in [0, 0.05) is 0 Å². The molecule has 1 aliphatic rings. The molecule has 6 heteroatoms. The number of carboxylic acid groups (broad SMARTS) is 1. The third-order valence-corrected chi connectivity index (χ3v) is 13.1. The van der Waals surface area contributed by atoms with Gasteiger partial charge in [-0.1, -0.05) is 65.3 Å². The summed E-state index contributed by atoms with van der Waals surface area (Å²) in [7, 11) is -1.96. The van der Waals surface area contributed by atoms with Crippen molar-refractivity contribution in [1.82, 2.24) is 0 Å². The number of aliphatic carboxylic acids is 1. The number of rotatable bonds is 12. The summed E-state index contributed by atoms with van der Waals surface area (Å²) in [5.41, 5.74) is 4.16. The van der Waals surface area contributed by atoms with Gasteiger partial charge in [0.1, 0.15) is 5.75 Å². The summed E-state index contributed by atoms with van der Waals surface area (Å²) in [5.74, 6) is -0.806. The molecule has 1 heterocycles. The van der Waals surface area contributed by atoms with Gasteiger partial charge in [0.2, 0.25) is 0 Å². The van der Waals surface area contributed by atoms with Crippen LogP contribution in [0.4, 0.5) is 0 Å². The summed E-state index contributed by atoms with van der Waals surface area (Å²) in [5, 5.41) is 9.41. The van der Waals surface area contributed by atoms with Crippen molar-refractivity contribution in [3.8, 4) is 5.75 Å². The van der Waals surface area contributed by atoms with E-state index in [0.29, 0.717) is 23.0 Å². The monoisotopic (exact) mass is 490 g/mol. The standard InChI is InChI=1S/C28H46O5Si/c1-19(2)34(20(3)4,21(5)6)33-24-15-11-14-23(18-24)13-10-12-22(7)16-17-25-26(27(29)30)32-28(8,9)31-25/h11-12,14-15,18-21,25-26H,10,13,16-17H2,1-9H3,(H,29,30)/b22-12+/t25-,26+/m0/s1. The highest BCUT2D eigenvalue weighted by molar-refractivity contribution is 6.78. The molecule has 0 amide bonds. The number of benzene rings is 1. The van der Waals surface area contributed by atoms with E-state index in [4.69, 9.17) is 13.9 Å². The first-order chi connectivity index (χ1) is 15.8. The highest BCUT2D eigenvalue weighted by atomic mass is 28.4. The molecule has 0 aromatic heterocycles. The SMILES string of the molecule is C/C(=C\CCc1cccc(O[Si](C(C)C)(C(C)C)C(C)C)c1)CC[C@@H]1OC(C)(C)O[C@H]1C(=O)O. The lowest BCUT2D eigenvalue weighted by Gasteiger charge is -2.42. The number of allylic oxidation sites excluding steroid dienone is 2. The lowest BCUT2D eigenvalue weighted by atomic mass is 10.0. The van der Waals surface area contributed by atoms with Crippen LogP contribution in [0.1, 0.15) is 87.1 Å². The molecule has 0 radical (unpaired) electrons. The molecule has 34 heavy (non-hydrogen) atoms. The minimum Gasteiger partial charge on any atom is -0.543 e. The van der Waals surface area contributed by atoms with Crippen LogP contribution in [0.3, 0.4) is 0 Å². The van der Waals surface area contributed by atoms with Crippen molar-refractivity contribution in [2.75, 3.05) is 0 Å². The zero-order valence-electron chi connectivity index (χ0n) is 22.7. The molecule has 1 fully saturated rings. The molecule has 0 bridgehead atoms. The van der Waals surface area contributed by atoms with E-state index in [1.54, 1.807) is 13.8 Å². The van der Waals surface area contributed by atoms with Gasteiger partial charge in [0.05, 0.1) is 6.10 Å². The van der Waals surface area contributed by atoms with Gasteiger partial charge >= 0.3 is 5.97 Å². The summed E-state index contributed by atoms with van der Waals surface area (Å²) in [4.78, 5) is 11.5. The van der Waals surface area contributed by atoms with Crippen molar-refractivity contribution in [3.05, 3.63) is 41.5 Å². The van der Waals surface area contributed by atoms with Crippen LogP contribution in [-0.2, 0) is 20.7 Å². The second-order valence-electron chi connectivity index (χ2n) is 11.1. The van der Waals surface area contributed by atoms with E-state index in [1.807, 2.05) is 0 Å². The number of carboxylic acids is 1. The largest absolute Gasteiger partial charge is 0.543 e. The Balaban J connectivity index is 1.96. The Labute approximate surface area is 208 Å². The van der Waals surface area contributed by atoms with E-state index < -0.39 is 32.3 Å². The number of aryl methyl sites for hydroxylation is 1. The van der Waals surface area contributed by atoms with Crippen molar-refractivity contribution in [2.24, 2.45) is 0 Å². The first-order valence-electron chi connectivity index (χ1n) is 12.8. The molecule has 0 spiro atoms. The van der Waals surface area contributed by atoms with Crippen LogP contribution in [0.25, 0.3) is 0 Å². The number of carbonyl (C=O) groups is 1. The average Bonchev–Trinajstić information content (AvgIpc) is 3.05. The summed E-state index contributed by atoms with van der Waals surface area (Å²) in [6, 6.07) is 8.58. The van der Waals surface area contributed by atoms with Gasteiger partial charge in [-0.2, -0.15) is 0 Å². The summed E-state index contributed by atoms with van der Waals surface area (Å²) in [6.45, 7) is 19.5. The zero-order chi connectivity index (χ0) is 25.7. The number of hydrogen-bond donors (Lipinski definition) is 1. The summed E-state index contributed by atoms with van der Waals surface area (Å²) >= 11 is 0. The second kappa shape index (κ2) is 11.9. The zero-order valence-corrected chi connectivity index (χ0v) is 23.7. The van der Waals surface area contributed by atoms with Gasteiger partial charge in [-0.3, -0.25) is 0 Å². The van der Waals surface area contributed by atoms with Gasteiger partial charge in [0.25, 0.3) is 8.32 Å². The second-order valence-corrected chi connectivity index (χ2v) is 16.5. The fourth-order valence-electron chi connectivity index (χ4n) is 5.53. The Morgan fingerprint density at radius 3 is 2.29 bits per heavy atom. The van der Waals surface area contributed by atoms with E-state index in [-0.39, 0.29) is 0 Å². The van der Waals surface area contributed by atoms with E-state index in [1.165, 1.54) is 11.1 Å². The fraction of sp³-hybridized carbons (Fsp3) is 0.679. The van der Waals surface area contributed by atoms with Gasteiger partial charge < -0.3 is 19.0 Å². The maximum Gasteiger partial charge on any atom is 0.335 e. The van der Waals surface area contributed by atoms with Gasteiger partial charge in [-0.05, 0) is 80.8 Å². The normalized spacial score (nSPS) is 21.0. The van der Waals surface area contributed by atoms with Crippen molar-refractivity contribution in [1.29, 1.82) is 0 Å². The Morgan fingerprint density at radius 1 is 1.12 bits per heavy atom. The molecule has 0 unspecified atom stereocenters. The maximum atomic E-state index is 11.5. The van der Waals surface area contributed by atoms with Crippen LogP contribution >= 0.6 is 0 Å². The Kier molecular flexibility index (Phi) is 9.98. The Bertz CT molecular complexity index is 821. The minimum atomic E-state index is -1.96. The van der Waals surface area contributed by atoms with Gasteiger partial charge in [-0.25, -0.2) is 4.79 Å². The van der Waals surface area contributed by atoms with Crippen molar-refractivity contribution in [3.63, 3.8) is 0 Å². The fourth-order valence-corrected chi connectivity index (χ4v) is 10.8. The predicted octanol–water partition coefficient (Wildman–Crippen LogP) is 7.50. The molecule has 1 saturated heterocycles. The Hall–Kier alpha value is -1.63. The summed E-state index contributed by atoms with van der Waals surface area (Å²) < 4.78 is 18.2. The van der Waals surface area contributed by atoms with Crippen LogP contribution in [-0.4, -0.2) is 37.4 Å². The molecule has 0 saturated carbocycles. The van der Waals surface area contributed by atoms with Crippen LogP contribution in [0.5, 0.6) is 5.75 Å². The number of hydrogen-bond acceptors (Lipinski definition) is 4. The maximum absolute atomic E-state index is 11.5. The quantitative estimate of drug-likeness (QED) is 0.243. The molecule has 1 aromatic rings. The van der Waals surface area contributed by atoms with E-state index in [9.17, 15) is 9.90 Å². The molecular formula is C28H46O5Si. The third kappa shape index (κ3) is 7.19. The first-order valence-corrected chi connectivity index (χ1v) is 14.9.